The van der Waals surface area contributed by atoms with Crippen LogP contribution in [0.5, 0.6) is 0 Å². The highest BCUT2D eigenvalue weighted by molar-refractivity contribution is 5.96. The average Bonchev–Trinajstić information content (AvgIpc) is 2.49. The van der Waals surface area contributed by atoms with Gasteiger partial charge in [-0.25, -0.2) is 9.18 Å². The SMILES string of the molecule is CCCCCCCC[C@@H](NC(=O)c1cccc(F)c1)C(=O)O. The first-order chi connectivity index (χ1) is 10.5. The number of carboxylic acid groups (broad SMARTS) is 1. The first-order valence-corrected chi connectivity index (χ1v) is 7.83. The summed E-state index contributed by atoms with van der Waals surface area (Å²) in [5, 5.41) is 11.6. The van der Waals surface area contributed by atoms with E-state index in [4.69, 9.17) is 0 Å². The number of benzene rings is 1. The van der Waals surface area contributed by atoms with Crippen LogP contribution in [0.1, 0.15) is 62.2 Å². The molecular formula is C17H24FNO3. The molecule has 1 aromatic rings. The number of nitrogens with one attached hydrogen (secondary N) is 1. The summed E-state index contributed by atoms with van der Waals surface area (Å²) in [5.74, 6) is -2.13. The third-order valence-electron chi connectivity index (χ3n) is 3.54. The van der Waals surface area contributed by atoms with Gasteiger partial charge in [-0.2, -0.15) is 0 Å². The zero-order valence-electron chi connectivity index (χ0n) is 13.0. The van der Waals surface area contributed by atoms with Crippen LogP contribution in [0.3, 0.4) is 0 Å². The lowest BCUT2D eigenvalue weighted by atomic mass is 10.1. The van der Waals surface area contributed by atoms with Crippen LogP contribution >= 0.6 is 0 Å². The van der Waals surface area contributed by atoms with E-state index in [0.717, 1.165) is 31.7 Å². The number of hydrogen-bond donors (Lipinski definition) is 2. The lowest BCUT2D eigenvalue weighted by molar-refractivity contribution is -0.139. The van der Waals surface area contributed by atoms with Crippen molar-refractivity contribution in [1.29, 1.82) is 0 Å². The van der Waals surface area contributed by atoms with Crippen LogP contribution < -0.4 is 5.32 Å². The summed E-state index contributed by atoms with van der Waals surface area (Å²) in [6, 6.07) is 4.29. The maximum atomic E-state index is 13.1. The standard InChI is InChI=1S/C17H24FNO3/c1-2-3-4-5-6-7-11-15(17(21)22)19-16(20)13-9-8-10-14(18)12-13/h8-10,12,15H,2-7,11H2,1H3,(H,19,20)(H,21,22)/t15-/m1/s1. The van der Waals surface area contributed by atoms with Crippen LogP contribution in [0.25, 0.3) is 0 Å². The average molecular weight is 309 g/mol. The summed E-state index contributed by atoms with van der Waals surface area (Å²) < 4.78 is 13.1. The predicted molar refractivity (Wildman–Crippen MR) is 83.3 cm³/mol. The van der Waals surface area contributed by atoms with Crippen molar-refractivity contribution in [2.75, 3.05) is 0 Å². The molecular weight excluding hydrogens is 285 g/mol. The zero-order chi connectivity index (χ0) is 16.4. The Morgan fingerprint density at radius 3 is 2.50 bits per heavy atom. The van der Waals surface area contributed by atoms with Crippen LogP contribution in [-0.4, -0.2) is 23.0 Å². The maximum Gasteiger partial charge on any atom is 0.326 e. The fourth-order valence-corrected chi connectivity index (χ4v) is 2.26. The first kappa shape index (κ1) is 18.1. The molecule has 0 aromatic heterocycles. The van der Waals surface area contributed by atoms with Crippen molar-refractivity contribution in [1.82, 2.24) is 5.32 Å². The van der Waals surface area contributed by atoms with Crippen LogP contribution in [0, 0.1) is 5.82 Å². The van der Waals surface area contributed by atoms with Gasteiger partial charge in [-0.15, -0.1) is 0 Å². The molecule has 0 aliphatic rings. The molecule has 0 radical (unpaired) electrons. The highest BCUT2D eigenvalue weighted by atomic mass is 19.1. The first-order valence-electron chi connectivity index (χ1n) is 7.83. The van der Waals surface area contributed by atoms with Gasteiger partial charge in [0.15, 0.2) is 0 Å². The van der Waals surface area contributed by atoms with Gasteiger partial charge in [0.2, 0.25) is 0 Å². The zero-order valence-corrected chi connectivity index (χ0v) is 13.0. The Labute approximate surface area is 130 Å². The molecule has 0 saturated carbocycles. The van der Waals surface area contributed by atoms with Gasteiger partial charge in [0.05, 0.1) is 0 Å². The van der Waals surface area contributed by atoms with E-state index in [1.54, 1.807) is 0 Å². The second-order valence-corrected chi connectivity index (χ2v) is 5.43. The molecule has 22 heavy (non-hydrogen) atoms. The van der Waals surface area contributed by atoms with Crippen LogP contribution in [0.4, 0.5) is 4.39 Å². The molecule has 122 valence electrons. The largest absolute Gasteiger partial charge is 0.480 e. The van der Waals surface area contributed by atoms with E-state index in [9.17, 15) is 19.1 Å². The predicted octanol–water partition coefficient (Wildman–Crippen LogP) is 3.76. The molecule has 1 rings (SSSR count). The molecule has 0 fully saturated rings. The minimum atomic E-state index is -1.06. The van der Waals surface area contributed by atoms with Gasteiger partial charge in [-0.3, -0.25) is 4.79 Å². The van der Waals surface area contributed by atoms with Crippen molar-refractivity contribution in [3.05, 3.63) is 35.6 Å². The number of aliphatic carboxylic acids is 1. The highest BCUT2D eigenvalue weighted by Crippen LogP contribution is 2.10. The van der Waals surface area contributed by atoms with E-state index >= 15 is 0 Å². The molecule has 0 bridgehead atoms. The molecule has 1 atom stereocenters. The summed E-state index contributed by atoms with van der Waals surface area (Å²) in [7, 11) is 0. The molecule has 0 aliphatic heterocycles. The number of carboxylic acids is 1. The number of amides is 1. The lowest BCUT2D eigenvalue weighted by Gasteiger charge is -2.14. The van der Waals surface area contributed by atoms with Gasteiger partial charge in [-0.1, -0.05) is 51.5 Å². The van der Waals surface area contributed by atoms with Gasteiger partial charge in [0.25, 0.3) is 5.91 Å². The molecule has 1 amide bonds. The van der Waals surface area contributed by atoms with Crippen molar-refractivity contribution >= 4 is 11.9 Å². The van der Waals surface area contributed by atoms with E-state index < -0.39 is 23.7 Å². The van der Waals surface area contributed by atoms with Gasteiger partial charge < -0.3 is 10.4 Å². The topological polar surface area (TPSA) is 66.4 Å². The molecule has 4 nitrogen and oxygen atoms in total. The van der Waals surface area contributed by atoms with Gasteiger partial charge >= 0.3 is 5.97 Å². The number of halogens is 1. The van der Waals surface area contributed by atoms with Gasteiger partial charge in [0.1, 0.15) is 11.9 Å². The summed E-state index contributed by atoms with van der Waals surface area (Å²) in [5.41, 5.74) is 0.134. The smallest absolute Gasteiger partial charge is 0.326 e. The number of unbranched alkanes of at least 4 members (excludes halogenated alkanes) is 5. The second kappa shape index (κ2) is 9.92. The van der Waals surface area contributed by atoms with Crippen LogP contribution in [-0.2, 0) is 4.79 Å². The van der Waals surface area contributed by atoms with E-state index in [1.165, 1.54) is 31.0 Å². The number of rotatable bonds is 10. The fraction of sp³-hybridized carbons (Fsp3) is 0.529. The van der Waals surface area contributed by atoms with Crippen molar-refractivity contribution in [2.45, 2.75) is 57.9 Å². The van der Waals surface area contributed by atoms with Crippen molar-refractivity contribution in [2.24, 2.45) is 0 Å². The number of hydrogen-bond acceptors (Lipinski definition) is 2. The minimum Gasteiger partial charge on any atom is -0.480 e. The molecule has 5 heteroatoms. The summed E-state index contributed by atoms with van der Waals surface area (Å²) >= 11 is 0. The Kier molecular flexibility index (Phi) is 8.18. The molecule has 1 aromatic carbocycles. The number of carbonyl (C=O) groups excluding carboxylic acids is 1. The van der Waals surface area contributed by atoms with E-state index in [0.29, 0.717) is 6.42 Å². The summed E-state index contributed by atoms with van der Waals surface area (Å²) in [4.78, 5) is 23.2. The van der Waals surface area contributed by atoms with E-state index in [2.05, 4.69) is 12.2 Å². The summed E-state index contributed by atoms with van der Waals surface area (Å²) in [6.45, 7) is 2.14. The molecule has 0 aliphatic carbocycles. The van der Waals surface area contributed by atoms with E-state index in [-0.39, 0.29) is 5.56 Å². The Morgan fingerprint density at radius 1 is 1.18 bits per heavy atom. The third kappa shape index (κ3) is 6.70. The van der Waals surface area contributed by atoms with Gasteiger partial charge in [-0.05, 0) is 24.6 Å². The maximum absolute atomic E-state index is 13.1. The highest BCUT2D eigenvalue weighted by Gasteiger charge is 2.20. The molecule has 2 N–H and O–H groups in total. The molecule has 0 saturated heterocycles. The Balaban J connectivity index is 2.43. The normalized spacial score (nSPS) is 11.9. The monoisotopic (exact) mass is 309 g/mol. The molecule has 0 heterocycles. The van der Waals surface area contributed by atoms with Gasteiger partial charge in [0, 0.05) is 5.56 Å². The fourth-order valence-electron chi connectivity index (χ4n) is 2.26. The van der Waals surface area contributed by atoms with Crippen molar-refractivity contribution < 1.29 is 19.1 Å². The minimum absolute atomic E-state index is 0.134. The lowest BCUT2D eigenvalue weighted by Crippen LogP contribution is -2.40. The van der Waals surface area contributed by atoms with Crippen LogP contribution in [0.2, 0.25) is 0 Å². The van der Waals surface area contributed by atoms with Crippen molar-refractivity contribution in [3.8, 4) is 0 Å². The number of carbonyl (C=O) groups is 2. The Bertz CT molecular complexity index is 491. The quantitative estimate of drug-likeness (QED) is 0.647. The van der Waals surface area contributed by atoms with E-state index in [1.807, 2.05) is 0 Å². The molecule has 0 unspecified atom stereocenters. The third-order valence-corrected chi connectivity index (χ3v) is 3.54. The molecule has 0 spiro atoms. The second-order valence-electron chi connectivity index (χ2n) is 5.43. The Morgan fingerprint density at radius 2 is 1.86 bits per heavy atom. The summed E-state index contributed by atoms with van der Waals surface area (Å²) in [6.07, 6.45) is 6.70. The van der Waals surface area contributed by atoms with Crippen LogP contribution in [0.15, 0.2) is 24.3 Å². The van der Waals surface area contributed by atoms with Crippen molar-refractivity contribution in [3.63, 3.8) is 0 Å². The Hall–Kier alpha value is -1.91.